The summed E-state index contributed by atoms with van der Waals surface area (Å²) in [5.74, 6) is -0.166. The number of fused-ring (bicyclic) bond motifs is 1. The van der Waals surface area contributed by atoms with Crippen LogP contribution in [0.25, 0.3) is 11.0 Å². The van der Waals surface area contributed by atoms with E-state index >= 15 is 0 Å². The molecule has 1 aromatic carbocycles. The number of H-pyrrole nitrogens is 1. The van der Waals surface area contributed by atoms with Crippen molar-refractivity contribution in [2.75, 3.05) is 0 Å². The maximum Gasteiger partial charge on any atom is 0.131 e. The molecular formula is C12H17FN2O. The van der Waals surface area contributed by atoms with Gasteiger partial charge in [-0.05, 0) is 39.3 Å². The van der Waals surface area contributed by atoms with Gasteiger partial charge in [-0.3, -0.25) is 9.78 Å². The first kappa shape index (κ1) is 11.2. The number of aromatic nitrogens is 2. The Labute approximate surface area is 93.9 Å². The van der Waals surface area contributed by atoms with Crippen LogP contribution >= 0.6 is 0 Å². The summed E-state index contributed by atoms with van der Waals surface area (Å²) in [7, 11) is 0. The monoisotopic (exact) mass is 224 g/mol. The highest BCUT2D eigenvalue weighted by atomic mass is 19.1. The van der Waals surface area contributed by atoms with Gasteiger partial charge in [0.05, 0.1) is 23.2 Å². The molecule has 1 heterocycles. The summed E-state index contributed by atoms with van der Waals surface area (Å²) in [6.45, 7) is 7.41. The van der Waals surface area contributed by atoms with Gasteiger partial charge in [-0.1, -0.05) is 0 Å². The fraction of sp³-hybridized carbons (Fsp3) is 0.500. The van der Waals surface area contributed by atoms with E-state index in [-0.39, 0.29) is 5.82 Å². The van der Waals surface area contributed by atoms with Gasteiger partial charge in [0.15, 0.2) is 0 Å². The summed E-state index contributed by atoms with van der Waals surface area (Å²) in [6.07, 6.45) is 0. The zero-order chi connectivity index (χ0) is 12.1. The van der Waals surface area contributed by atoms with E-state index in [0.717, 1.165) is 11.0 Å². The molecule has 0 aliphatic heterocycles. The third-order valence-corrected chi connectivity index (χ3v) is 2.72. The standard InChI is InChI=1S/C12H17FN2O/c1-7-5-9-11(8(2)10(7)13)15(14-9)6-12(3,4)16/h5,14,16H,6H2,1-4H3. The molecule has 2 aromatic rings. The van der Waals surface area contributed by atoms with Crippen LogP contribution in [0.3, 0.4) is 0 Å². The van der Waals surface area contributed by atoms with E-state index in [9.17, 15) is 9.50 Å². The smallest absolute Gasteiger partial charge is 0.131 e. The first-order valence-corrected chi connectivity index (χ1v) is 5.36. The molecule has 2 N–H and O–H groups in total. The number of rotatable bonds is 2. The Kier molecular flexibility index (Phi) is 2.35. The minimum Gasteiger partial charge on any atom is -0.389 e. The van der Waals surface area contributed by atoms with Crippen molar-refractivity contribution in [1.82, 2.24) is 9.78 Å². The summed E-state index contributed by atoms with van der Waals surface area (Å²) in [4.78, 5) is 0. The average Bonchev–Trinajstić information content (AvgIpc) is 2.10. The molecule has 3 nitrogen and oxygen atoms in total. The van der Waals surface area contributed by atoms with Crippen LogP contribution in [0.2, 0.25) is 0 Å². The fourth-order valence-electron chi connectivity index (χ4n) is 2.04. The second kappa shape index (κ2) is 3.35. The largest absolute Gasteiger partial charge is 0.389 e. The maximum absolute atomic E-state index is 13.7. The summed E-state index contributed by atoms with van der Waals surface area (Å²) >= 11 is 0. The number of benzene rings is 1. The summed E-state index contributed by atoms with van der Waals surface area (Å²) in [5, 5.41) is 12.8. The lowest BCUT2D eigenvalue weighted by molar-refractivity contribution is 0.0581. The molecule has 1 aromatic heterocycles. The molecule has 2 rings (SSSR count). The Balaban J connectivity index is 2.49. The Hall–Kier alpha value is -1.29. The number of aryl methyl sites for hydroxylation is 2. The lowest BCUT2D eigenvalue weighted by Gasteiger charge is -2.25. The van der Waals surface area contributed by atoms with Crippen molar-refractivity contribution < 1.29 is 9.50 Å². The number of hydrogen-bond donors (Lipinski definition) is 2. The van der Waals surface area contributed by atoms with Crippen molar-refractivity contribution in [2.45, 2.75) is 39.8 Å². The molecule has 0 bridgehead atoms. The molecule has 88 valence electrons. The maximum atomic E-state index is 13.7. The molecule has 0 unspecified atom stereocenters. The molecule has 0 fully saturated rings. The lowest BCUT2D eigenvalue weighted by atomic mass is 10.1. The Morgan fingerprint density at radius 3 is 2.62 bits per heavy atom. The van der Waals surface area contributed by atoms with Gasteiger partial charge in [0, 0.05) is 5.56 Å². The summed E-state index contributed by atoms with van der Waals surface area (Å²) in [5.41, 5.74) is 2.26. The Morgan fingerprint density at radius 2 is 2.06 bits per heavy atom. The highest BCUT2D eigenvalue weighted by Gasteiger charge is 2.19. The number of nitrogens with zero attached hydrogens (tertiary/aromatic N) is 1. The minimum absolute atomic E-state index is 0.166. The van der Waals surface area contributed by atoms with Gasteiger partial charge in [-0.2, -0.15) is 0 Å². The van der Waals surface area contributed by atoms with Crippen LogP contribution in [0.5, 0.6) is 0 Å². The van der Waals surface area contributed by atoms with Crippen molar-refractivity contribution in [3.8, 4) is 0 Å². The Morgan fingerprint density at radius 1 is 1.44 bits per heavy atom. The number of aromatic amines is 1. The quantitative estimate of drug-likeness (QED) is 0.808. The first-order chi connectivity index (χ1) is 7.29. The van der Waals surface area contributed by atoms with Gasteiger partial charge < -0.3 is 5.11 Å². The van der Waals surface area contributed by atoms with Crippen molar-refractivity contribution in [3.05, 3.63) is 23.0 Å². The van der Waals surface area contributed by atoms with E-state index in [1.807, 2.05) is 0 Å². The van der Waals surface area contributed by atoms with Crippen LogP contribution in [0.1, 0.15) is 25.0 Å². The molecule has 0 amide bonds. The molecule has 0 radical (unpaired) electrons. The van der Waals surface area contributed by atoms with Crippen molar-refractivity contribution in [1.29, 1.82) is 0 Å². The number of halogens is 1. The average molecular weight is 224 g/mol. The topological polar surface area (TPSA) is 41.0 Å². The highest BCUT2D eigenvalue weighted by molar-refractivity contribution is 5.81. The second-order valence-electron chi connectivity index (χ2n) is 5.04. The van der Waals surface area contributed by atoms with Gasteiger partial charge in [0.2, 0.25) is 0 Å². The van der Waals surface area contributed by atoms with E-state index < -0.39 is 5.60 Å². The van der Waals surface area contributed by atoms with Crippen LogP contribution in [-0.4, -0.2) is 20.5 Å². The summed E-state index contributed by atoms with van der Waals surface area (Å²) < 4.78 is 15.5. The van der Waals surface area contributed by atoms with E-state index in [2.05, 4.69) is 5.10 Å². The second-order valence-corrected chi connectivity index (χ2v) is 5.04. The molecule has 0 saturated carbocycles. The van der Waals surface area contributed by atoms with Crippen LogP contribution < -0.4 is 0 Å². The van der Waals surface area contributed by atoms with E-state index in [1.165, 1.54) is 0 Å². The molecule has 0 saturated heterocycles. The predicted octanol–water partition coefficient (Wildman–Crippen LogP) is 2.50. The van der Waals surface area contributed by atoms with Gasteiger partial charge in [-0.15, -0.1) is 0 Å². The molecular weight excluding hydrogens is 207 g/mol. The third-order valence-electron chi connectivity index (χ3n) is 2.72. The fourth-order valence-corrected chi connectivity index (χ4v) is 2.04. The predicted molar refractivity (Wildman–Crippen MR) is 62.0 cm³/mol. The lowest BCUT2D eigenvalue weighted by Crippen LogP contribution is -2.29. The van der Waals surface area contributed by atoms with Crippen molar-refractivity contribution >= 4 is 11.0 Å². The van der Waals surface area contributed by atoms with Crippen molar-refractivity contribution in [2.24, 2.45) is 0 Å². The highest BCUT2D eigenvalue weighted by Crippen LogP contribution is 2.25. The molecule has 0 atom stereocenters. The molecule has 16 heavy (non-hydrogen) atoms. The molecule has 0 aliphatic rings. The number of nitrogens with one attached hydrogen (secondary N) is 1. The van der Waals surface area contributed by atoms with Crippen LogP contribution in [0, 0.1) is 19.7 Å². The van der Waals surface area contributed by atoms with Crippen LogP contribution in [-0.2, 0) is 6.54 Å². The van der Waals surface area contributed by atoms with E-state index in [0.29, 0.717) is 17.7 Å². The van der Waals surface area contributed by atoms with Crippen LogP contribution in [0.4, 0.5) is 4.39 Å². The van der Waals surface area contributed by atoms with E-state index in [4.69, 9.17) is 0 Å². The SMILES string of the molecule is Cc1cc2[nH]n(CC(C)(C)O)c2c(C)c1F. The first-order valence-electron chi connectivity index (χ1n) is 5.36. The molecule has 4 heteroatoms. The van der Waals surface area contributed by atoms with Crippen LogP contribution in [0.15, 0.2) is 6.07 Å². The molecule has 0 aliphatic carbocycles. The summed E-state index contributed by atoms with van der Waals surface area (Å²) in [6, 6.07) is 1.79. The van der Waals surface area contributed by atoms with Crippen molar-refractivity contribution in [3.63, 3.8) is 0 Å². The normalized spacial score (nSPS) is 12.6. The van der Waals surface area contributed by atoms with E-state index in [1.54, 1.807) is 38.4 Å². The van der Waals surface area contributed by atoms with Gasteiger partial charge >= 0.3 is 0 Å². The Bertz CT molecular complexity index is 531. The van der Waals surface area contributed by atoms with Gasteiger partial charge in [0.1, 0.15) is 5.82 Å². The number of aliphatic hydroxyl groups is 1. The minimum atomic E-state index is -0.807. The zero-order valence-electron chi connectivity index (χ0n) is 10.1. The van der Waals surface area contributed by atoms with Gasteiger partial charge in [0.25, 0.3) is 0 Å². The van der Waals surface area contributed by atoms with Gasteiger partial charge in [-0.25, -0.2) is 4.39 Å². The number of hydrogen-bond acceptors (Lipinski definition) is 1. The third kappa shape index (κ3) is 1.73. The molecule has 0 spiro atoms. The zero-order valence-corrected chi connectivity index (χ0v) is 10.1.